The molecule has 0 radical (unpaired) electrons. The molecule has 0 aliphatic heterocycles. The molecule has 0 aromatic heterocycles. The summed E-state index contributed by atoms with van der Waals surface area (Å²) < 4.78 is 19.9. The SMILES string of the molecule is CCOC1(C(O)Cc2ccc(F)cc2Br)CCCC(C)C1. The first-order chi connectivity index (χ1) is 9.97. The van der Waals surface area contributed by atoms with Gasteiger partial charge in [0.05, 0.1) is 11.7 Å². The molecular formula is C17H24BrFO2. The lowest BCUT2D eigenvalue weighted by molar-refractivity contribution is -0.147. The van der Waals surface area contributed by atoms with E-state index in [1.807, 2.05) is 6.92 Å². The van der Waals surface area contributed by atoms with Gasteiger partial charge in [-0.05, 0) is 43.4 Å². The molecular weight excluding hydrogens is 335 g/mol. The van der Waals surface area contributed by atoms with E-state index in [9.17, 15) is 9.50 Å². The molecule has 118 valence electrons. The third-order valence-electron chi connectivity index (χ3n) is 4.46. The Kier molecular flexibility index (Phi) is 5.81. The van der Waals surface area contributed by atoms with E-state index in [-0.39, 0.29) is 5.82 Å². The van der Waals surface area contributed by atoms with Crippen molar-refractivity contribution in [1.29, 1.82) is 0 Å². The van der Waals surface area contributed by atoms with Crippen LogP contribution in [0.4, 0.5) is 4.39 Å². The van der Waals surface area contributed by atoms with Crippen molar-refractivity contribution in [2.24, 2.45) is 5.92 Å². The molecule has 0 heterocycles. The molecule has 1 N–H and O–H groups in total. The molecule has 21 heavy (non-hydrogen) atoms. The molecule has 1 saturated carbocycles. The van der Waals surface area contributed by atoms with E-state index < -0.39 is 11.7 Å². The third kappa shape index (κ3) is 4.05. The summed E-state index contributed by atoms with van der Waals surface area (Å²) in [5.41, 5.74) is 0.460. The molecule has 0 amide bonds. The summed E-state index contributed by atoms with van der Waals surface area (Å²) in [5.74, 6) is 0.294. The van der Waals surface area contributed by atoms with E-state index in [2.05, 4.69) is 22.9 Å². The Morgan fingerprint density at radius 1 is 1.52 bits per heavy atom. The van der Waals surface area contributed by atoms with Crippen LogP contribution < -0.4 is 0 Å². The zero-order valence-corrected chi connectivity index (χ0v) is 14.3. The quantitative estimate of drug-likeness (QED) is 0.840. The molecule has 0 saturated heterocycles. The van der Waals surface area contributed by atoms with Crippen molar-refractivity contribution in [1.82, 2.24) is 0 Å². The zero-order valence-electron chi connectivity index (χ0n) is 12.7. The molecule has 3 unspecified atom stereocenters. The highest BCUT2D eigenvalue weighted by molar-refractivity contribution is 9.10. The average Bonchev–Trinajstić information content (AvgIpc) is 2.42. The molecule has 2 rings (SSSR count). The van der Waals surface area contributed by atoms with Crippen molar-refractivity contribution in [2.45, 2.75) is 57.7 Å². The molecule has 4 heteroatoms. The Hall–Kier alpha value is -0.450. The van der Waals surface area contributed by atoms with Crippen LogP contribution in [0.1, 0.15) is 45.1 Å². The molecule has 2 nitrogen and oxygen atoms in total. The fraction of sp³-hybridized carbons (Fsp3) is 0.647. The van der Waals surface area contributed by atoms with E-state index in [1.165, 1.54) is 18.6 Å². The number of rotatable bonds is 5. The Labute approximate surface area is 134 Å². The molecule has 1 fully saturated rings. The van der Waals surface area contributed by atoms with Crippen LogP contribution in [-0.4, -0.2) is 23.4 Å². The van der Waals surface area contributed by atoms with E-state index in [1.54, 1.807) is 6.07 Å². The van der Waals surface area contributed by atoms with Gasteiger partial charge in [-0.2, -0.15) is 0 Å². The van der Waals surface area contributed by atoms with Crippen LogP contribution >= 0.6 is 15.9 Å². The van der Waals surface area contributed by atoms with Crippen LogP contribution in [0.2, 0.25) is 0 Å². The van der Waals surface area contributed by atoms with E-state index in [0.29, 0.717) is 23.4 Å². The lowest BCUT2D eigenvalue weighted by Crippen LogP contribution is -2.49. The molecule has 1 aliphatic rings. The maximum atomic E-state index is 13.2. The minimum absolute atomic E-state index is 0.272. The lowest BCUT2D eigenvalue weighted by Gasteiger charge is -2.43. The third-order valence-corrected chi connectivity index (χ3v) is 5.20. The summed E-state index contributed by atoms with van der Waals surface area (Å²) in [6, 6.07) is 4.61. The van der Waals surface area contributed by atoms with Crippen molar-refractivity contribution in [2.75, 3.05) is 6.61 Å². The maximum Gasteiger partial charge on any atom is 0.124 e. The Morgan fingerprint density at radius 3 is 2.90 bits per heavy atom. The number of aliphatic hydroxyl groups is 1. The van der Waals surface area contributed by atoms with Crippen molar-refractivity contribution in [3.63, 3.8) is 0 Å². The first kappa shape index (κ1) is 16.9. The average molecular weight is 359 g/mol. The van der Waals surface area contributed by atoms with Crippen LogP contribution in [0.25, 0.3) is 0 Å². The number of hydrogen-bond acceptors (Lipinski definition) is 2. The van der Waals surface area contributed by atoms with Crippen LogP contribution in [0, 0.1) is 11.7 Å². The second-order valence-electron chi connectivity index (χ2n) is 6.15. The summed E-state index contributed by atoms with van der Waals surface area (Å²) in [6.07, 6.45) is 3.98. The topological polar surface area (TPSA) is 29.5 Å². The fourth-order valence-electron chi connectivity index (χ4n) is 3.44. The largest absolute Gasteiger partial charge is 0.390 e. The van der Waals surface area contributed by atoms with Gasteiger partial charge >= 0.3 is 0 Å². The summed E-state index contributed by atoms with van der Waals surface area (Å²) in [6.45, 7) is 4.80. The number of halogens is 2. The standard InChI is InChI=1S/C17H24BrFO2/c1-3-21-17(8-4-5-12(2)11-17)16(20)9-13-6-7-14(19)10-15(13)18/h6-7,10,12,16,20H,3-5,8-9,11H2,1-2H3. The molecule has 0 bridgehead atoms. The summed E-state index contributed by atoms with van der Waals surface area (Å²) in [4.78, 5) is 0. The van der Waals surface area contributed by atoms with Gasteiger partial charge < -0.3 is 9.84 Å². The minimum Gasteiger partial charge on any atom is -0.390 e. The Bertz CT molecular complexity index is 476. The normalized spacial score (nSPS) is 27.6. The second kappa shape index (κ2) is 7.21. The number of ether oxygens (including phenoxy) is 1. The van der Waals surface area contributed by atoms with Gasteiger partial charge in [0.1, 0.15) is 5.82 Å². The second-order valence-corrected chi connectivity index (χ2v) is 7.01. The minimum atomic E-state index is -0.568. The predicted molar refractivity (Wildman–Crippen MR) is 85.8 cm³/mol. The summed E-state index contributed by atoms with van der Waals surface area (Å²) >= 11 is 3.38. The molecule has 1 aliphatic carbocycles. The summed E-state index contributed by atoms with van der Waals surface area (Å²) in [5, 5.41) is 10.8. The van der Waals surface area contributed by atoms with E-state index in [0.717, 1.165) is 24.8 Å². The van der Waals surface area contributed by atoms with Crippen LogP contribution in [0.15, 0.2) is 22.7 Å². The predicted octanol–water partition coefficient (Wildman–Crippen LogP) is 4.48. The molecule has 1 aromatic carbocycles. The zero-order chi connectivity index (χ0) is 15.5. The van der Waals surface area contributed by atoms with Gasteiger partial charge in [-0.1, -0.05) is 41.8 Å². The lowest BCUT2D eigenvalue weighted by atomic mass is 9.74. The van der Waals surface area contributed by atoms with Gasteiger partial charge in [0.25, 0.3) is 0 Å². The van der Waals surface area contributed by atoms with Crippen LogP contribution in [0.5, 0.6) is 0 Å². The van der Waals surface area contributed by atoms with Gasteiger partial charge in [-0.3, -0.25) is 0 Å². The number of hydrogen-bond donors (Lipinski definition) is 1. The molecule has 3 atom stereocenters. The van der Waals surface area contributed by atoms with Gasteiger partial charge in [0, 0.05) is 17.5 Å². The van der Waals surface area contributed by atoms with Crippen molar-refractivity contribution >= 4 is 15.9 Å². The van der Waals surface area contributed by atoms with Gasteiger partial charge in [-0.15, -0.1) is 0 Å². The number of aliphatic hydroxyl groups excluding tert-OH is 1. The van der Waals surface area contributed by atoms with Gasteiger partial charge in [-0.25, -0.2) is 4.39 Å². The highest BCUT2D eigenvalue weighted by Gasteiger charge is 2.42. The van der Waals surface area contributed by atoms with E-state index in [4.69, 9.17) is 4.74 Å². The summed E-state index contributed by atoms with van der Waals surface area (Å²) in [7, 11) is 0. The smallest absolute Gasteiger partial charge is 0.124 e. The van der Waals surface area contributed by atoms with Gasteiger partial charge in [0.2, 0.25) is 0 Å². The molecule has 0 spiro atoms. The van der Waals surface area contributed by atoms with Crippen molar-refractivity contribution in [3.8, 4) is 0 Å². The number of benzene rings is 1. The first-order valence-corrected chi connectivity index (χ1v) is 8.52. The Morgan fingerprint density at radius 2 is 2.29 bits per heavy atom. The van der Waals surface area contributed by atoms with Crippen LogP contribution in [-0.2, 0) is 11.2 Å². The maximum absolute atomic E-state index is 13.2. The van der Waals surface area contributed by atoms with Crippen LogP contribution in [0.3, 0.4) is 0 Å². The Balaban J connectivity index is 2.16. The van der Waals surface area contributed by atoms with Crippen molar-refractivity contribution in [3.05, 3.63) is 34.1 Å². The highest BCUT2D eigenvalue weighted by Crippen LogP contribution is 2.39. The van der Waals surface area contributed by atoms with Crippen molar-refractivity contribution < 1.29 is 14.2 Å². The highest BCUT2D eigenvalue weighted by atomic mass is 79.9. The monoisotopic (exact) mass is 358 g/mol. The fourth-order valence-corrected chi connectivity index (χ4v) is 3.96. The van der Waals surface area contributed by atoms with Gasteiger partial charge in [0.15, 0.2) is 0 Å². The first-order valence-electron chi connectivity index (χ1n) is 7.73. The molecule has 1 aromatic rings. The van der Waals surface area contributed by atoms with E-state index >= 15 is 0 Å².